The lowest BCUT2D eigenvalue weighted by molar-refractivity contribution is 0.0675. The lowest BCUT2D eigenvalue weighted by atomic mass is 10.3. The van der Waals surface area contributed by atoms with Gasteiger partial charge in [-0.15, -0.1) is 5.10 Å². The maximum absolute atomic E-state index is 12.8. The van der Waals surface area contributed by atoms with Gasteiger partial charge in [0.1, 0.15) is 24.3 Å². The number of nitrogens with zero attached hydrogens (tertiary/aromatic N) is 3. The number of aromatic hydroxyl groups is 1. The number of alkyl halides is 2. The number of hydrogen-bond donors (Lipinski definition) is 2. The van der Waals surface area contributed by atoms with Gasteiger partial charge in [0, 0.05) is 6.07 Å². The van der Waals surface area contributed by atoms with Gasteiger partial charge in [0.2, 0.25) is 5.43 Å². The number of carbonyl (C=O) groups is 1. The zero-order valence-electron chi connectivity index (χ0n) is 9.66. The van der Waals surface area contributed by atoms with Gasteiger partial charge in [0.15, 0.2) is 11.4 Å². The van der Waals surface area contributed by atoms with Crippen LogP contribution in [0, 0.1) is 0 Å². The Labute approximate surface area is 108 Å². The predicted molar refractivity (Wildman–Crippen MR) is 57.7 cm³/mol. The molecule has 2 heterocycles. The minimum atomic E-state index is -3.11. The van der Waals surface area contributed by atoms with Crippen molar-refractivity contribution in [1.29, 1.82) is 0 Å². The summed E-state index contributed by atoms with van der Waals surface area (Å²) >= 11 is 0. The number of hydrogen-bond acceptors (Lipinski definition) is 6. The standard InChI is InChI=1S/C10H7F2N3O5/c11-9(12)8-7(10(18)19)13-14-15(8)2-4-1-5(16)6(17)3-20-4/h1,3,9,17H,2H2,(H,18,19). The quantitative estimate of drug-likeness (QED) is 0.846. The number of rotatable bonds is 4. The Kier molecular flexibility index (Phi) is 3.46. The lowest BCUT2D eigenvalue weighted by Crippen LogP contribution is -2.11. The van der Waals surface area contributed by atoms with E-state index >= 15 is 0 Å². The number of halogens is 2. The molecule has 0 bridgehead atoms. The molecule has 0 aliphatic carbocycles. The molecule has 2 aromatic heterocycles. The first-order valence-corrected chi connectivity index (χ1v) is 5.15. The van der Waals surface area contributed by atoms with E-state index in [1.54, 1.807) is 0 Å². The van der Waals surface area contributed by atoms with Crippen molar-refractivity contribution in [3.8, 4) is 5.75 Å². The van der Waals surface area contributed by atoms with Gasteiger partial charge < -0.3 is 14.6 Å². The molecular weight excluding hydrogens is 280 g/mol. The summed E-state index contributed by atoms with van der Waals surface area (Å²) < 4.78 is 31.1. The fourth-order valence-electron chi connectivity index (χ4n) is 1.48. The Balaban J connectivity index is 2.40. The number of carboxylic acids is 1. The molecule has 0 fully saturated rings. The number of carboxylic acid groups (broad SMARTS) is 1. The SMILES string of the molecule is O=C(O)c1nnn(Cc2cc(=O)c(O)co2)c1C(F)F. The van der Waals surface area contributed by atoms with E-state index in [1.165, 1.54) is 0 Å². The average molecular weight is 287 g/mol. The molecular formula is C10H7F2N3O5. The van der Waals surface area contributed by atoms with E-state index in [2.05, 4.69) is 10.3 Å². The third kappa shape index (κ3) is 2.48. The molecule has 106 valence electrons. The highest BCUT2D eigenvalue weighted by Gasteiger charge is 2.26. The van der Waals surface area contributed by atoms with Crippen molar-refractivity contribution in [3.63, 3.8) is 0 Å². The van der Waals surface area contributed by atoms with E-state index in [-0.39, 0.29) is 5.76 Å². The minimum Gasteiger partial charge on any atom is -0.502 e. The van der Waals surface area contributed by atoms with Crippen LogP contribution in [0.4, 0.5) is 8.78 Å². The highest BCUT2D eigenvalue weighted by Crippen LogP contribution is 2.22. The summed E-state index contributed by atoms with van der Waals surface area (Å²) in [5.41, 5.74) is -2.53. The Hall–Kier alpha value is -2.78. The van der Waals surface area contributed by atoms with Gasteiger partial charge in [-0.3, -0.25) is 4.79 Å². The highest BCUT2D eigenvalue weighted by atomic mass is 19.3. The summed E-state index contributed by atoms with van der Waals surface area (Å²) in [5, 5.41) is 24.1. The first kappa shape index (κ1) is 13.6. The molecule has 0 saturated heterocycles. The molecule has 2 rings (SSSR count). The van der Waals surface area contributed by atoms with Crippen LogP contribution in [-0.2, 0) is 6.54 Å². The summed E-state index contributed by atoms with van der Waals surface area (Å²) in [6, 6.07) is 0.882. The molecule has 0 spiro atoms. The molecule has 0 radical (unpaired) electrons. The van der Waals surface area contributed by atoms with Gasteiger partial charge in [-0.05, 0) is 0 Å². The largest absolute Gasteiger partial charge is 0.502 e. The van der Waals surface area contributed by atoms with E-state index < -0.39 is 41.5 Å². The van der Waals surface area contributed by atoms with E-state index in [9.17, 15) is 18.4 Å². The molecule has 0 aromatic carbocycles. The summed E-state index contributed by atoms with van der Waals surface area (Å²) in [4.78, 5) is 21.9. The third-order valence-corrected chi connectivity index (χ3v) is 2.35. The number of aromatic carboxylic acids is 1. The van der Waals surface area contributed by atoms with Crippen LogP contribution >= 0.6 is 0 Å². The van der Waals surface area contributed by atoms with Crippen molar-refractivity contribution >= 4 is 5.97 Å². The lowest BCUT2D eigenvalue weighted by Gasteiger charge is -2.05. The van der Waals surface area contributed by atoms with Crippen molar-refractivity contribution in [2.24, 2.45) is 0 Å². The van der Waals surface area contributed by atoms with Crippen molar-refractivity contribution in [2.45, 2.75) is 13.0 Å². The molecule has 0 aliphatic rings. The van der Waals surface area contributed by atoms with Gasteiger partial charge in [-0.25, -0.2) is 18.3 Å². The Morgan fingerprint density at radius 2 is 2.20 bits per heavy atom. The van der Waals surface area contributed by atoms with Gasteiger partial charge in [-0.2, -0.15) is 0 Å². The van der Waals surface area contributed by atoms with Crippen LogP contribution in [0.25, 0.3) is 0 Å². The fraction of sp³-hybridized carbons (Fsp3) is 0.200. The Morgan fingerprint density at radius 3 is 2.75 bits per heavy atom. The van der Waals surface area contributed by atoms with Crippen LogP contribution in [-0.4, -0.2) is 31.2 Å². The van der Waals surface area contributed by atoms with Crippen molar-refractivity contribution in [3.05, 3.63) is 39.7 Å². The van der Waals surface area contributed by atoms with Gasteiger partial charge in [0.25, 0.3) is 6.43 Å². The van der Waals surface area contributed by atoms with Crippen molar-refractivity contribution < 1.29 is 28.2 Å². The average Bonchev–Trinajstić information content (AvgIpc) is 2.78. The summed E-state index contributed by atoms with van der Waals surface area (Å²) in [6.45, 7) is -0.421. The molecule has 0 aliphatic heterocycles. The molecule has 0 atom stereocenters. The zero-order valence-corrected chi connectivity index (χ0v) is 9.66. The summed E-state index contributed by atoms with van der Waals surface area (Å²) in [5.74, 6) is -2.36. The molecule has 20 heavy (non-hydrogen) atoms. The number of aromatic nitrogens is 3. The molecule has 0 amide bonds. The summed E-state index contributed by atoms with van der Waals surface area (Å²) in [6.07, 6.45) is -2.37. The topological polar surface area (TPSA) is 118 Å². The van der Waals surface area contributed by atoms with Crippen LogP contribution in [0.5, 0.6) is 5.75 Å². The molecule has 0 saturated carbocycles. The monoisotopic (exact) mass is 287 g/mol. The molecule has 0 unspecified atom stereocenters. The Morgan fingerprint density at radius 1 is 1.50 bits per heavy atom. The maximum atomic E-state index is 12.8. The van der Waals surface area contributed by atoms with Crippen LogP contribution < -0.4 is 5.43 Å². The molecule has 2 aromatic rings. The van der Waals surface area contributed by atoms with E-state index in [0.717, 1.165) is 12.3 Å². The molecule has 10 heteroatoms. The van der Waals surface area contributed by atoms with Gasteiger partial charge in [0.05, 0.1) is 0 Å². The predicted octanol–water partition coefficient (Wildman–Crippen LogP) is 0.621. The third-order valence-electron chi connectivity index (χ3n) is 2.35. The highest BCUT2D eigenvalue weighted by molar-refractivity contribution is 5.86. The van der Waals surface area contributed by atoms with Gasteiger partial charge >= 0.3 is 5.97 Å². The Bertz CT molecular complexity index is 709. The molecule has 2 N–H and O–H groups in total. The van der Waals surface area contributed by atoms with E-state index in [1.807, 2.05) is 0 Å². The normalized spacial score (nSPS) is 10.9. The first-order valence-electron chi connectivity index (χ1n) is 5.15. The van der Waals surface area contributed by atoms with Crippen LogP contribution in [0.2, 0.25) is 0 Å². The van der Waals surface area contributed by atoms with Crippen LogP contribution in [0.15, 0.2) is 21.5 Å². The minimum absolute atomic E-state index is 0.0865. The second kappa shape index (κ2) is 5.07. The van der Waals surface area contributed by atoms with E-state index in [0.29, 0.717) is 4.68 Å². The van der Waals surface area contributed by atoms with Crippen LogP contribution in [0.3, 0.4) is 0 Å². The van der Waals surface area contributed by atoms with E-state index in [4.69, 9.17) is 14.6 Å². The maximum Gasteiger partial charge on any atom is 0.358 e. The van der Waals surface area contributed by atoms with Crippen molar-refractivity contribution in [2.75, 3.05) is 0 Å². The van der Waals surface area contributed by atoms with Crippen molar-refractivity contribution in [1.82, 2.24) is 15.0 Å². The van der Waals surface area contributed by atoms with Gasteiger partial charge in [-0.1, -0.05) is 5.21 Å². The fourth-order valence-corrected chi connectivity index (χ4v) is 1.48. The van der Waals surface area contributed by atoms with Crippen LogP contribution in [0.1, 0.15) is 28.4 Å². The zero-order chi connectivity index (χ0) is 14.9. The second-order valence-corrected chi connectivity index (χ2v) is 3.68. The molecule has 8 nitrogen and oxygen atoms in total. The summed E-state index contributed by atoms with van der Waals surface area (Å²) in [7, 11) is 0. The first-order chi connectivity index (χ1) is 9.40. The second-order valence-electron chi connectivity index (χ2n) is 3.68. The smallest absolute Gasteiger partial charge is 0.358 e.